The Kier molecular flexibility index (Phi) is 5.70. The zero-order chi connectivity index (χ0) is 20.9. The van der Waals surface area contributed by atoms with E-state index >= 15 is 0 Å². The summed E-state index contributed by atoms with van der Waals surface area (Å²) in [6.45, 7) is 1.76. The van der Waals surface area contributed by atoms with Gasteiger partial charge in [0.15, 0.2) is 0 Å². The van der Waals surface area contributed by atoms with Crippen molar-refractivity contribution in [1.82, 2.24) is 0 Å². The zero-order valence-electron chi connectivity index (χ0n) is 16.7. The summed E-state index contributed by atoms with van der Waals surface area (Å²) in [5, 5.41) is 0. The van der Waals surface area contributed by atoms with Crippen molar-refractivity contribution >= 4 is 23.3 Å². The molecule has 5 heteroatoms. The number of carbonyl (C=O) groups excluding carboxylic acids is 2. The molecule has 1 unspecified atom stereocenters. The number of hydrogen-bond donors (Lipinski definition) is 0. The smallest absolute Gasteiger partial charge is 0.326 e. The van der Waals surface area contributed by atoms with Crippen molar-refractivity contribution in [3.8, 4) is 0 Å². The van der Waals surface area contributed by atoms with Crippen molar-refractivity contribution in [2.45, 2.75) is 19.6 Å². The maximum atomic E-state index is 13.1. The van der Waals surface area contributed by atoms with Crippen LogP contribution in [0.2, 0.25) is 0 Å². The van der Waals surface area contributed by atoms with E-state index in [-0.39, 0.29) is 19.1 Å². The van der Waals surface area contributed by atoms with Gasteiger partial charge in [0.1, 0.15) is 19.2 Å². The Morgan fingerprint density at radius 3 is 2.30 bits per heavy atom. The molecule has 0 bridgehead atoms. The number of carbonyl (C=O) groups is 2. The molecule has 1 amide bonds. The number of esters is 1. The first-order chi connectivity index (χ1) is 14.6. The van der Waals surface area contributed by atoms with Crippen molar-refractivity contribution in [2.24, 2.45) is 4.99 Å². The number of ether oxygens (including phenoxy) is 1. The highest BCUT2D eigenvalue weighted by Gasteiger charge is 2.31. The van der Waals surface area contributed by atoms with Gasteiger partial charge >= 0.3 is 5.97 Å². The monoisotopic (exact) mass is 398 g/mol. The van der Waals surface area contributed by atoms with Crippen LogP contribution in [0.5, 0.6) is 0 Å². The molecule has 5 nitrogen and oxygen atoms in total. The van der Waals surface area contributed by atoms with Gasteiger partial charge in [0.05, 0.1) is 11.4 Å². The Hall–Kier alpha value is -3.73. The normalized spacial score (nSPS) is 15.8. The summed E-state index contributed by atoms with van der Waals surface area (Å²) >= 11 is 0. The summed E-state index contributed by atoms with van der Waals surface area (Å²) in [4.78, 5) is 31.8. The molecule has 3 aromatic rings. The van der Waals surface area contributed by atoms with Gasteiger partial charge in [-0.1, -0.05) is 78.9 Å². The van der Waals surface area contributed by atoms with Crippen LogP contribution in [0.4, 0.5) is 5.69 Å². The molecular weight excluding hydrogens is 376 g/mol. The molecule has 30 heavy (non-hydrogen) atoms. The van der Waals surface area contributed by atoms with Crippen molar-refractivity contribution < 1.29 is 14.3 Å². The first kappa shape index (κ1) is 19.6. The number of nitrogens with zero attached hydrogens (tertiary/aromatic N) is 2. The number of anilines is 1. The first-order valence-corrected chi connectivity index (χ1v) is 9.87. The number of benzene rings is 3. The average Bonchev–Trinajstić information content (AvgIpc) is 2.89. The molecule has 0 saturated carbocycles. The summed E-state index contributed by atoms with van der Waals surface area (Å²) in [6, 6.07) is 26.1. The maximum absolute atomic E-state index is 13.1. The Morgan fingerprint density at radius 2 is 1.57 bits per heavy atom. The quantitative estimate of drug-likeness (QED) is 0.611. The van der Waals surface area contributed by atoms with Crippen LogP contribution in [0.25, 0.3) is 0 Å². The van der Waals surface area contributed by atoms with Gasteiger partial charge in [-0.05, 0) is 18.6 Å². The Labute approximate surface area is 175 Å². The maximum Gasteiger partial charge on any atom is 0.326 e. The third-order valence-corrected chi connectivity index (χ3v) is 4.97. The minimum atomic E-state index is -0.616. The van der Waals surface area contributed by atoms with Crippen molar-refractivity contribution in [2.75, 3.05) is 11.4 Å². The van der Waals surface area contributed by atoms with E-state index in [0.717, 1.165) is 22.4 Å². The van der Waals surface area contributed by atoms with E-state index in [1.807, 2.05) is 84.9 Å². The molecule has 0 saturated heterocycles. The lowest BCUT2D eigenvalue weighted by Crippen LogP contribution is -2.40. The zero-order valence-corrected chi connectivity index (χ0v) is 16.7. The van der Waals surface area contributed by atoms with Gasteiger partial charge in [0.2, 0.25) is 0 Å². The van der Waals surface area contributed by atoms with E-state index in [0.29, 0.717) is 5.69 Å². The molecule has 0 fully saturated rings. The predicted octanol–water partition coefficient (Wildman–Crippen LogP) is 4.00. The van der Waals surface area contributed by atoms with E-state index in [4.69, 9.17) is 9.73 Å². The van der Waals surface area contributed by atoms with E-state index < -0.39 is 12.0 Å². The minimum absolute atomic E-state index is 0.162. The molecule has 1 heterocycles. The molecule has 1 atom stereocenters. The molecule has 1 aliphatic rings. The standard InChI is InChI=1S/C25H22N2O3/c1-18-25(29)27(16-23(28)30-17-19-10-4-2-5-11-19)22-15-9-8-14-21(22)24(26-18)20-12-6-3-7-13-20/h2-15,18H,16-17H2,1H3. The van der Waals surface area contributed by atoms with Crippen LogP contribution in [0.1, 0.15) is 23.6 Å². The number of aliphatic imine (C=N–C) groups is 1. The summed E-state index contributed by atoms with van der Waals surface area (Å²) < 4.78 is 5.41. The van der Waals surface area contributed by atoms with Crippen molar-refractivity contribution in [1.29, 1.82) is 0 Å². The number of hydrogen-bond acceptors (Lipinski definition) is 4. The van der Waals surface area contributed by atoms with E-state index in [1.54, 1.807) is 6.92 Å². The lowest BCUT2D eigenvalue weighted by Gasteiger charge is -2.23. The van der Waals surface area contributed by atoms with Gasteiger partial charge in [0, 0.05) is 11.1 Å². The molecule has 3 aromatic carbocycles. The molecule has 4 rings (SSSR count). The van der Waals surface area contributed by atoms with Crippen molar-refractivity contribution in [3.05, 3.63) is 102 Å². The number of benzodiazepines with no additional fused rings is 1. The fourth-order valence-corrected chi connectivity index (χ4v) is 3.47. The van der Waals surface area contributed by atoms with Crippen molar-refractivity contribution in [3.63, 3.8) is 0 Å². The highest BCUT2D eigenvalue weighted by molar-refractivity contribution is 6.20. The van der Waals surface area contributed by atoms with Crippen LogP contribution in [-0.2, 0) is 20.9 Å². The predicted molar refractivity (Wildman–Crippen MR) is 117 cm³/mol. The van der Waals surface area contributed by atoms with Crippen LogP contribution >= 0.6 is 0 Å². The largest absolute Gasteiger partial charge is 0.459 e. The fourth-order valence-electron chi connectivity index (χ4n) is 3.47. The van der Waals surface area contributed by atoms with Gasteiger partial charge < -0.3 is 4.74 Å². The van der Waals surface area contributed by atoms with Crippen LogP contribution < -0.4 is 4.90 Å². The second-order valence-corrected chi connectivity index (χ2v) is 7.11. The number of amides is 1. The second-order valence-electron chi connectivity index (χ2n) is 7.11. The Balaban J connectivity index is 1.62. The summed E-state index contributed by atoms with van der Waals surface area (Å²) in [6.07, 6.45) is 0. The lowest BCUT2D eigenvalue weighted by atomic mass is 10.0. The summed E-state index contributed by atoms with van der Waals surface area (Å²) in [7, 11) is 0. The van der Waals surface area contributed by atoms with Gasteiger partial charge in [-0.3, -0.25) is 19.5 Å². The number of rotatable bonds is 5. The van der Waals surface area contributed by atoms with E-state index in [2.05, 4.69) is 0 Å². The molecule has 0 N–H and O–H groups in total. The molecule has 1 aliphatic heterocycles. The molecular formula is C25H22N2O3. The van der Waals surface area contributed by atoms with Crippen LogP contribution in [-0.4, -0.2) is 30.2 Å². The third-order valence-electron chi connectivity index (χ3n) is 4.97. The van der Waals surface area contributed by atoms with Gasteiger partial charge in [-0.15, -0.1) is 0 Å². The van der Waals surface area contributed by atoms with Gasteiger partial charge in [0.25, 0.3) is 5.91 Å². The number of fused-ring (bicyclic) bond motifs is 1. The fraction of sp³-hybridized carbons (Fsp3) is 0.160. The van der Waals surface area contributed by atoms with Gasteiger partial charge in [-0.2, -0.15) is 0 Å². The van der Waals surface area contributed by atoms with Crippen LogP contribution in [0.15, 0.2) is 89.9 Å². The van der Waals surface area contributed by atoms with E-state index in [1.165, 1.54) is 4.90 Å². The molecule has 0 aromatic heterocycles. The molecule has 0 aliphatic carbocycles. The lowest BCUT2D eigenvalue weighted by molar-refractivity contribution is -0.144. The highest BCUT2D eigenvalue weighted by atomic mass is 16.5. The Bertz CT molecular complexity index is 1080. The first-order valence-electron chi connectivity index (χ1n) is 9.87. The second kappa shape index (κ2) is 8.74. The minimum Gasteiger partial charge on any atom is -0.459 e. The molecule has 150 valence electrons. The number of para-hydroxylation sites is 1. The topological polar surface area (TPSA) is 59.0 Å². The molecule has 0 spiro atoms. The van der Waals surface area contributed by atoms with Crippen LogP contribution in [0, 0.1) is 0 Å². The Morgan fingerprint density at radius 1 is 0.933 bits per heavy atom. The summed E-state index contributed by atoms with van der Waals surface area (Å²) in [5.74, 6) is -0.692. The molecule has 0 radical (unpaired) electrons. The highest BCUT2D eigenvalue weighted by Crippen LogP contribution is 2.28. The average molecular weight is 398 g/mol. The third kappa shape index (κ3) is 4.15. The van der Waals surface area contributed by atoms with Gasteiger partial charge in [-0.25, -0.2) is 0 Å². The summed E-state index contributed by atoms with van der Waals surface area (Å²) in [5.41, 5.74) is 4.05. The van der Waals surface area contributed by atoms with Crippen LogP contribution in [0.3, 0.4) is 0 Å². The SMILES string of the molecule is CC1N=C(c2ccccc2)c2ccccc2N(CC(=O)OCc2ccccc2)C1=O. The van der Waals surface area contributed by atoms with E-state index in [9.17, 15) is 9.59 Å².